The molecule has 1 N–H and O–H groups in total. The third-order valence-electron chi connectivity index (χ3n) is 3.51. The minimum absolute atomic E-state index is 0.0918. The van der Waals surface area contributed by atoms with E-state index in [1.54, 1.807) is 6.08 Å². The van der Waals surface area contributed by atoms with E-state index in [1.165, 1.54) is 12.2 Å². The standard InChI is InChI=1S/C17H21FN2/c1-5-14(18)7-6-12(2)8-13-9-15-16(19-10-13)17(3,4)11-20-15/h5-7,9-10,20H,1,8,11H2,2-4H3. The van der Waals surface area contributed by atoms with E-state index in [0.29, 0.717) is 0 Å². The van der Waals surface area contributed by atoms with Crippen molar-refractivity contribution >= 4 is 5.69 Å². The zero-order valence-corrected chi connectivity index (χ0v) is 12.3. The number of pyridine rings is 1. The molecule has 106 valence electrons. The third kappa shape index (κ3) is 3.16. The van der Waals surface area contributed by atoms with Gasteiger partial charge in [-0.2, -0.15) is 0 Å². The number of allylic oxidation sites excluding steroid dienone is 5. The van der Waals surface area contributed by atoms with Gasteiger partial charge >= 0.3 is 0 Å². The number of anilines is 1. The van der Waals surface area contributed by atoms with Crippen LogP contribution in [0.4, 0.5) is 10.1 Å². The number of halogens is 1. The Morgan fingerprint density at radius 1 is 1.50 bits per heavy atom. The highest BCUT2D eigenvalue weighted by Gasteiger charge is 2.31. The number of hydrogen-bond acceptors (Lipinski definition) is 2. The number of nitrogens with zero attached hydrogens (tertiary/aromatic N) is 1. The van der Waals surface area contributed by atoms with Crippen molar-refractivity contribution in [3.05, 3.63) is 59.7 Å². The van der Waals surface area contributed by atoms with Gasteiger partial charge in [-0.15, -0.1) is 0 Å². The number of rotatable bonds is 4. The van der Waals surface area contributed by atoms with Crippen molar-refractivity contribution in [2.75, 3.05) is 11.9 Å². The van der Waals surface area contributed by atoms with Gasteiger partial charge in [-0.25, -0.2) is 4.39 Å². The van der Waals surface area contributed by atoms with Gasteiger partial charge in [-0.1, -0.05) is 32.1 Å². The number of hydrogen-bond donors (Lipinski definition) is 1. The first-order valence-electron chi connectivity index (χ1n) is 6.81. The number of nitrogens with one attached hydrogen (secondary N) is 1. The molecule has 0 fully saturated rings. The maximum atomic E-state index is 13.0. The predicted octanol–water partition coefficient (Wildman–Crippen LogP) is 4.31. The van der Waals surface area contributed by atoms with Gasteiger partial charge in [0.2, 0.25) is 0 Å². The van der Waals surface area contributed by atoms with Crippen LogP contribution < -0.4 is 5.32 Å². The molecule has 2 heterocycles. The normalized spacial score (nSPS) is 17.6. The smallest absolute Gasteiger partial charge is 0.122 e. The first-order chi connectivity index (χ1) is 9.42. The van der Waals surface area contributed by atoms with Crippen molar-refractivity contribution < 1.29 is 4.39 Å². The highest BCUT2D eigenvalue weighted by atomic mass is 19.1. The van der Waals surface area contributed by atoms with Crippen molar-refractivity contribution in [2.24, 2.45) is 0 Å². The van der Waals surface area contributed by atoms with Crippen LogP contribution in [0.5, 0.6) is 0 Å². The molecule has 3 heteroatoms. The SMILES string of the molecule is C=CC(F)=CC=C(C)Cc1cnc2c(c1)NCC2(C)C. The summed E-state index contributed by atoms with van der Waals surface area (Å²) in [5, 5.41) is 3.40. The van der Waals surface area contributed by atoms with E-state index in [-0.39, 0.29) is 11.2 Å². The third-order valence-corrected chi connectivity index (χ3v) is 3.51. The summed E-state index contributed by atoms with van der Waals surface area (Å²) in [6.07, 6.45) is 7.10. The van der Waals surface area contributed by atoms with E-state index in [9.17, 15) is 4.39 Å². The van der Waals surface area contributed by atoms with Crippen molar-refractivity contribution in [1.29, 1.82) is 0 Å². The average molecular weight is 272 g/mol. The molecule has 1 aliphatic heterocycles. The summed E-state index contributed by atoms with van der Waals surface area (Å²) < 4.78 is 13.0. The summed E-state index contributed by atoms with van der Waals surface area (Å²) in [6.45, 7) is 10.7. The molecular weight excluding hydrogens is 251 g/mol. The van der Waals surface area contributed by atoms with Crippen LogP contribution >= 0.6 is 0 Å². The number of aromatic nitrogens is 1. The monoisotopic (exact) mass is 272 g/mol. The van der Waals surface area contributed by atoms with E-state index in [4.69, 9.17) is 0 Å². The van der Waals surface area contributed by atoms with Gasteiger partial charge in [0.15, 0.2) is 0 Å². The molecule has 0 unspecified atom stereocenters. The molecule has 1 aromatic rings. The van der Waals surface area contributed by atoms with E-state index >= 15 is 0 Å². The number of fused-ring (bicyclic) bond motifs is 1. The lowest BCUT2D eigenvalue weighted by molar-refractivity contribution is 0.568. The van der Waals surface area contributed by atoms with Gasteiger partial charge in [0, 0.05) is 18.2 Å². The van der Waals surface area contributed by atoms with Crippen molar-refractivity contribution in [3.8, 4) is 0 Å². The molecular formula is C17H21FN2. The van der Waals surface area contributed by atoms with Crippen LogP contribution in [-0.2, 0) is 11.8 Å². The van der Waals surface area contributed by atoms with E-state index in [1.807, 2.05) is 13.1 Å². The maximum Gasteiger partial charge on any atom is 0.122 e. The summed E-state index contributed by atoms with van der Waals surface area (Å²) in [7, 11) is 0. The molecule has 1 aromatic heterocycles. The predicted molar refractivity (Wildman–Crippen MR) is 82.6 cm³/mol. The molecule has 0 radical (unpaired) electrons. The topological polar surface area (TPSA) is 24.9 Å². The summed E-state index contributed by atoms with van der Waals surface area (Å²) in [6, 6.07) is 2.14. The summed E-state index contributed by atoms with van der Waals surface area (Å²) >= 11 is 0. The molecule has 0 aromatic carbocycles. The molecule has 0 saturated carbocycles. The Morgan fingerprint density at radius 3 is 2.95 bits per heavy atom. The molecule has 0 saturated heterocycles. The van der Waals surface area contributed by atoms with Crippen LogP contribution in [0, 0.1) is 0 Å². The lowest BCUT2D eigenvalue weighted by Gasteiger charge is -2.15. The fourth-order valence-electron chi connectivity index (χ4n) is 2.35. The highest BCUT2D eigenvalue weighted by Crippen LogP contribution is 2.34. The summed E-state index contributed by atoms with van der Waals surface area (Å²) in [5.41, 5.74) is 4.55. The van der Waals surface area contributed by atoms with Crippen LogP contribution in [0.1, 0.15) is 32.0 Å². The lowest BCUT2D eigenvalue weighted by atomic mass is 9.91. The van der Waals surface area contributed by atoms with Crippen LogP contribution in [0.2, 0.25) is 0 Å². The molecule has 1 aliphatic rings. The second-order valence-corrected chi connectivity index (χ2v) is 5.92. The van der Waals surface area contributed by atoms with E-state index < -0.39 is 0 Å². The average Bonchev–Trinajstić information content (AvgIpc) is 2.71. The Morgan fingerprint density at radius 2 is 2.25 bits per heavy atom. The summed E-state index contributed by atoms with van der Waals surface area (Å²) in [5.74, 6) is -0.320. The maximum absolute atomic E-state index is 13.0. The fourth-order valence-corrected chi connectivity index (χ4v) is 2.35. The zero-order valence-electron chi connectivity index (χ0n) is 12.3. The molecule has 20 heavy (non-hydrogen) atoms. The zero-order chi connectivity index (χ0) is 14.8. The first-order valence-corrected chi connectivity index (χ1v) is 6.81. The van der Waals surface area contributed by atoms with Crippen molar-refractivity contribution in [2.45, 2.75) is 32.6 Å². The Balaban J connectivity index is 2.14. The lowest BCUT2D eigenvalue weighted by Crippen LogP contribution is -2.19. The van der Waals surface area contributed by atoms with Crippen LogP contribution in [0.15, 0.2) is 48.5 Å². The molecule has 0 amide bonds. The van der Waals surface area contributed by atoms with Crippen LogP contribution in [0.25, 0.3) is 0 Å². The Labute approximate surface area is 120 Å². The van der Waals surface area contributed by atoms with Gasteiger partial charge < -0.3 is 5.32 Å². The molecule has 0 aliphatic carbocycles. The molecule has 2 rings (SSSR count). The Kier molecular flexibility index (Phi) is 4.07. The van der Waals surface area contributed by atoms with E-state index in [2.05, 4.69) is 36.8 Å². The Hall–Kier alpha value is -1.90. The minimum Gasteiger partial charge on any atom is -0.383 e. The fraction of sp³-hybridized carbons (Fsp3) is 0.353. The quantitative estimate of drug-likeness (QED) is 0.826. The highest BCUT2D eigenvalue weighted by molar-refractivity contribution is 5.58. The largest absolute Gasteiger partial charge is 0.383 e. The van der Waals surface area contributed by atoms with Crippen molar-refractivity contribution in [3.63, 3.8) is 0 Å². The molecule has 0 spiro atoms. The minimum atomic E-state index is -0.320. The van der Waals surface area contributed by atoms with Gasteiger partial charge in [0.1, 0.15) is 5.83 Å². The van der Waals surface area contributed by atoms with E-state index in [0.717, 1.165) is 35.5 Å². The Bertz CT molecular complexity index is 583. The second-order valence-electron chi connectivity index (χ2n) is 5.92. The first kappa shape index (κ1) is 14.5. The van der Waals surface area contributed by atoms with Gasteiger partial charge in [-0.05, 0) is 37.1 Å². The van der Waals surface area contributed by atoms with Gasteiger partial charge in [-0.3, -0.25) is 4.98 Å². The van der Waals surface area contributed by atoms with Gasteiger partial charge in [0.05, 0.1) is 11.4 Å². The van der Waals surface area contributed by atoms with Gasteiger partial charge in [0.25, 0.3) is 0 Å². The summed E-state index contributed by atoms with van der Waals surface area (Å²) in [4.78, 5) is 4.58. The molecule has 0 atom stereocenters. The van der Waals surface area contributed by atoms with Crippen LogP contribution in [0.3, 0.4) is 0 Å². The second kappa shape index (κ2) is 5.61. The van der Waals surface area contributed by atoms with Crippen molar-refractivity contribution in [1.82, 2.24) is 4.98 Å². The molecule has 2 nitrogen and oxygen atoms in total. The molecule has 0 bridgehead atoms. The van der Waals surface area contributed by atoms with Crippen LogP contribution in [-0.4, -0.2) is 11.5 Å².